The molecule has 0 bridgehead atoms. The highest BCUT2D eigenvalue weighted by atomic mass is 32.3. The van der Waals surface area contributed by atoms with E-state index < -0.39 is 72.9 Å². The Bertz CT molecular complexity index is 2010. The van der Waals surface area contributed by atoms with E-state index in [0.717, 1.165) is 38.9 Å². The van der Waals surface area contributed by atoms with E-state index in [4.69, 9.17) is 0 Å². The van der Waals surface area contributed by atoms with Gasteiger partial charge in [-0.15, -0.1) is 0 Å². The minimum atomic E-state index is -3.37. The lowest BCUT2D eigenvalue weighted by Crippen LogP contribution is -2.12. The van der Waals surface area contributed by atoms with Crippen LogP contribution in [0.25, 0.3) is 0 Å². The van der Waals surface area contributed by atoms with Crippen molar-refractivity contribution in [2.24, 2.45) is 0 Å². The summed E-state index contributed by atoms with van der Waals surface area (Å²) in [5.74, 6) is 1.49. The van der Waals surface area contributed by atoms with Gasteiger partial charge in [-0.2, -0.15) is 50.2 Å². The molecule has 2 unspecified atom stereocenters. The summed E-state index contributed by atoms with van der Waals surface area (Å²) in [6.07, 6.45) is 24.2. The fourth-order valence-corrected chi connectivity index (χ4v) is 8.57. The highest BCUT2D eigenvalue weighted by molar-refractivity contribution is 8.15. The first-order valence-electron chi connectivity index (χ1n) is 24.6. The summed E-state index contributed by atoms with van der Waals surface area (Å²) in [4.78, 5) is 41.0. The van der Waals surface area contributed by atoms with Gasteiger partial charge in [-0.1, -0.05) is 68.8 Å². The van der Waals surface area contributed by atoms with E-state index in [1.54, 1.807) is 92.5 Å². The van der Waals surface area contributed by atoms with Crippen molar-refractivity contribution in [1.82, 2.24) is 35.7 Å². The normalized spacial score (nSPS) is 10.0. The average Bonchev–Trinajstić information content (AvgIpc) is 3.95. The van der Waals surface area contributed by atoms with Crippen LogP contribution in [0.5, 0.6) is 0 Å². The van der Waals surface area contributed by atoms with Gasteiger partial charge in [0, 0.05) is 123 Å². The molecule has 0 saturated carbocycles. The Labute approximate surface area is 528 Å². The highest BCUT2D eigenvalue weighted by Gasteiger charge is 2.11. The number of aromatic nitrogens is 6. The summed E-state index contributed by atoms with van der Waals surface area (Å²) in [6.45, 7) is 26.9. The van der Waals surface area contributed by atoms with Crippen molar-refractivity contribution in [2.75, 3.05) is 119 Å². The van der Waals surface area contributed by atoms with Crippen LogP contribution in [0.15, 0.2) is 13.6 Å². The fraction of sp³-hybridized carbons (Fsp3) is 0.820. The van der Waals surface area contributed by atoms with E-state index in [1.165, 1.54) is 58.5 Å². The largest absolute Gasteiger partial charge is 0.388 e. The van der Waals surface area contributed by atoms with Crippen LogP contribution in [-0.4, -0.2) is 210 Å². The summed E-state index contributed by atoms with van der Waals surface area (Å²) in [5.41, 5.74) is 0. The molecule has 512 valence electrons. The molecule has 0 saturated heterocycles. The van der Waals surface area contributed by atoms with Gasteiger partial charge in [0.2, 0.25) is 23.6 Å². The number of rotatable bonds is 10. The minimum absolute atomic E-state index is 0.0625. The van der Waals surface area contributed by atoms with Crippen LogP contribution >= 0.6 is 35.3 Å². The number of sulfone groups is 3. The first kappa shape index (κ1) is 113. The number of aryl methyl sites for hydroxylation is 6. The van der Waals surface area contributed by atoms with E-state index in [1.807, 2.05) is 50.1 Å². The molecule has 3 rings (SSSR count). The number of nitrogens with one attached hydrogen (secondary N) is 1. The molecule has 0 radical (unpaired) electrons. The van der Waals surface area contributed by atoms with E-state index in [-0.39, 0.29) is 23.8 Å². The number of carbonyl (C=O) groups is 3. The predicted octanol–water partition coefficient (Wildman–Crippen LogP) is 9.62. The van der Waals surface area contributed by atoms with Gasteiger partial charge in [-0.05, 0) is 101 Å². The molecule has 34 heteroatoms. The summed E-state index contributed by atoms with van der Waals surface area (Å²) in [7, 11) is -4.81. The van der Waals surface area contributed by atoms with Gasteiger partial charge in [-0.25, -0.2) is 34.0 Å². The number of hydrogen-bond donors (Lipinski definition) is 1. The van der Waals surface area contributed by atoms with E-state index in [2.05, 4.69) is 94.3 Å². The number of halogens is 2. The van der Waals surface area contributed by atoms with Crippen molar-refractivity contribution in [3.05, 3.63) is 35.1 Å². The fourth-order valence-electron chi connectivity index (χ4n) is 2.65. The number of carbonyl (C=O) groups excluding carboxylic acids is 3. The molecule has 2 atom stereocenters. The lowest BCUT2D eigenvalue weighted by atomic mass is 10.2. The number of hydrogen-bond acceptors (Lipinski definition) is 26. The Kier molecular flexibility index (Phi) is 108. The third-order valence-corrected chi connectivity index (χ3v) is 12.1. The summed E-state index contributed by atoms with van der Waals surface area (Å²) in [6, 6.07) is 0. The quantitative estimate of drug-likeness (QED) is 0.146. The molecule has 23 nitrogen and oxygen atoms in total. The lowest BCUT2D eigenvalue weighted by Gasteiger charge is -1.94. The van der Waals surface area contributed by atoms with Gasteiger partial charge in [-0.3, -0.25) is 22.2 Å². The first-order chi connectivity index (χ1) is 37.8. The maximum absolute atomic E-state index is 11.0. The molecule has 0 aliphatic carbocycles. The van der Waals surface area contributed by atoms with Crippen LogP contribution in [0.2, 0.25) is 0 Å². The molecule has 0 aromatic carbocycles. The van der Waals surface area contributed by atoms with Gasteiger partial charge in [0.05, 0.1) is 11.5 Å². The van der Waals surface area contributed by atoms with Crippen molar-refractivity contribution in [3.63, 3.8) is 0 Å². The van der Waals surface area contributed by atoms with E-state index in [0.29, 0.717) is 40.2 Å². The van der Waals surface area contributed by atoms with Crippen molar-refractivity contribution in [3.8, 4) is 0 Å². The van der Waals surface area contributed by atoms with Crippen LogP contribution < -0.4 is 5.32 Å². The molecule has 0 amide bonds. The smallest absolute Gasteiger partial charge is 0.242 e. The Morgan fingerprint density at radius 3 is 0.786 bits per heavy atom. The van der Waals surface area contributed by atoms with Crippen LogP contribution in [0.3, 0.4) is 0 Å². The Balaban J connectivity index is -0.0000000588. The number of ketones is 3. The van der Waals surface area contributed by atoms with Crippen LogP contribution in [0.1, 0.15) is 136 Å². The number of ether oxygens (including phenoxy) is 1. The molecule has 0 aliphatic rings. The van der Waals surface area contributed by atoms with Gasteiger partial charge in [0.1, 0.15) is 27.2 Å². The Morgan fingerprint density at radius 2 is 0.774 bits per heavy atom. The van der Waals surface area contributed by atoms with Gasteiger partial charge in [0.25, 0.3) is 0 Å². The SMILES string of the molecule is CC(=O)CC(C)=O.CC(C)(F)F.CC(C)=O.CCC.CCCCC.CNC.COC.CS(=O)(=O)CS(C)(=O)=O.CS(=O)CS(C)=O.CS(C)(=O)=O.CS(C)=O.CSC.CSCSC.Cc1noc(C)n1.Cc1noc(C)n1.Cc1noc(C)n1. The van der Waals surface area contributed by atoms with Gasteiger partial charge >= 0.3 is 0 Å². The summed E-state index contributed by atoms with van der Waals surface area (Å²) < 4.78 is 130. The molecule has 1 N–H and O–H groups in total. The second kappa shape index (κ2) is 80.6. The highest BCUT2D eigenvalue weighted by Crippen LogP contribution is 2.06. The predicted molar refractivity (Wildman–Crippen MR) is 359 cm³/mol. The Morgan fingerprint density at radius 1 is 0.595 bits per heavy atom. The van der Waals surface area contributed by atoms with Crippen molar-refractivity contribution >= 4 is 115 Å². The molecule has 84 heavy (non-hydrogen) atoms. The van der Waals surface area contributed by atoms with Crippen molar-refractivity contribution < 1.29 is 79.4 Å². The number of nitrogens with zero attached hydrogens (tertiary/aromatic N) is 6. The second-order valence-electron chi connectivity index (χ2n) is 17.1. The average molecular weight is 1400 g/mol. The number of thioether (sulfide) groups is 3. The molecule has 0 spiro atoms. The zero-order valence-electron chi connectivity index (χ0n) is 56.8. The second-order valence-corrected chi connectivity index (χ2v) is 31.7. The van der Waals surface area contributed by atoms with Crippen LogP contribution in [0.4, 0.5) is 8.78 Å². The monoisotopic (exact) mass is 1390 g/mol. The molecule has 0 fully saturated rings. The van der Waals surface area contributed by atoms with Gasteiger partial charge in [0.15, 0.2) is 42.2 Å². The minimum Gasteiger partial charge on any atom is -0.388 e. The van der Waals surface area contributed by atoms with Crippen LogP contribution in [-0.2, 0) is 81.0 Å². The van der Waals surface area contributed by atoms with Crippen molar-refractivity contribution in [2.45, 2.75) is 149 Å². The number of alkyl halides is 2. The third kappa shape index (κ3) is 271. The maximum atomic E-state index is 11.0. The molecule has 3 aromatic heterocycles. The van der Waals surface area contributed by atoms with E-state index in [9.17, 15) is 61.0 Å². The number of Topliss-reactive ketones (excluding diaryl/α,β-unsaturated/α-hetero) is 3. The zero-order valence-corrected chi connectivity index (χ0v) is 64.2. The topological polar surface area (TPSA) is 343 Å². The van der Waals surface area contributed by atoms with Crippen LogP contribution in [0, 0.1) is 41.5 Å². The number of unbranched alkanes of at least 4 members (excludes halogenated alkanes) is 2. The molecule has 0 aliphatic heterocycles. The van der Waals surface area contributed by atoms with E-state index >= 15 is 0 Å². The molecular weight excluding hydrogens is 1280 g/mol. The summed E-state index contributed by atoms with van der Waals surface area (Å²) >= 11 is 5.48. The Hall–Kier alpha value is -2.44. The third-order valence-electron chi connectivity index (χ3n) is 4.09. The lowest BCUT2D eigenvalue weighted by molar-refractivity contribution is -0.124. The molecule has 3 aromatic rings. The van der Waals surface area contributed by atoms with Gasteiger partial charge < -0.3 is 28.4 Å². The maximum Gasteiger partial charge on any atom is 0.242 e. The number of methoxy groups -OCH3 is 1. The molecular formula is C50H113F2N7O16S9. The molecule has 3 heterocycles. The van der Waals surface area contributed by atoms with Crippen molar-refractivity contribution in [1.29, 1.82) is 0 Å². The summed E-state index contributed by atoms with van der Waals surface area (Å²) in [5, 5.41) is 14.1. The standard InChI is InChI=1S/C5H8O2.C5H12.3C4H6N2O.C3H6F2.C3H8O4S2.C3H8O2S2.C3H6O.C3H8S2.C3H8.C2H7N.C2H6O2S.C2H6OS.C2H6O.C2H6S/c1-4(6)3-5(2)7;1-3-5-4-2;3*1-3-5-4(2)7-6-3;1-3(2,4)5;1-8(4,5)3-9(2,6)7;1-6(4)3-7(2)5;1-3(2)4;1-4-3-5-2;2*1-3-2;1-5(2,3)4;1-4(2)3;2*1-3-2/h3H2,1-2H3;3-5H2,1-2H3;3*1-2H3;1-2H3;3H2,1-2H3;3H2,1-2H3;1-2H3;3H2,1-2H3;3H2,1-2H3;3H,1-2H3;1-2H3;1-2H3;2*1-2H3. The zero-order chi connectivity index (χ0) is 70.5. The first-order valence-corrected chi connectivity index (χ1v) is 40.9.